The summed E-state index contributed by atoms with van der Waals surface area (Å²) in [5.74, 6) is 0.0769. The third-order valence-electron chi connectivity index (χ3n) is 7.89. The van der Waals surface area contributed by atoms with Crippen molar-refractivity contribution >= 4 is 23.7 Å². The van der Waals surface area contributed by atoms with E-state index in [0.29, 0.717) is 42.6 Å². The third kappa shape index (κ3) is 9.02. The van der Waals surface area contributed by atoms with Gasteiger partial charge in [0.15, 0.2) is 0 Å². The number of hydrogen-bond acceptors (Lipinski definition) is 7. The van der Waals surface area contributed by atoms with Crippen LogP contribution < -0.4 is 14.8 Å². The van der Waals surface area contributed by atoms with Crippen LogP contribution in [0.4, 0.5) is 10.5 Å². The van der Waals surface area contributed by atoms with Crippen molar-refractivity contribution in [1.82, 2.24) is 14.8 Å². The fraction of sp³-hybridized carbons (Fsp3) is 0.394. The number of carboxylic acids is 1. The number of carbonyl (C=O) groups excluding carboxylic acids is 2. The molecule has 0 aliphatic carbocycles. The molecule has 3 aromatic rings. The molecule has 2 saturated heterocycles. The molecule has 0 spiro atoms. The lowest BCUT2D eigenvalue weighted by Crippen LogP contribution is -2.41. The summed E-state index contributed by atoms with van der Waals surface area (Å²) in [6.45, 7) is 4.80. The lowest BCUT2D eigenvalue weighted by Gasteiger charge is -2.31. The van der Waals surface area contributed by atoms with E-state index >= 15 is 0 Å². The zero-order valence-electron chi connectivity index (χ0n) is 24.2. The van der Waals surface area contributed by atoms with Gasteiger partial charge in [0.1, 0.15) is 5.75 Å². The molecular formula is C33H38N4O6. The fourth-order valence-corrected chi connectivity index (χ4v) is 5.38. The summed E-state index contributed by atoms with van der Waals surface area (Å²) in [5, 5.41) is 11.7. The van der Waals surface area contributed by atoms with E-state index in [1.54, 1.807) is 41.3 Å². The predicted octanol–water partition coefficient (Wildman–Crippen LogP) is 5.24. The van der Waals surface area contributed by atoms with E-state index in [9.17, 15) is 14.4 Å². The molecule has 2 aliphatic heterocycles. The minimum atomic E-state index is -0.865. The van der Waals surface area contributed by atoms with Crippen LogP contribution in [0, 0.1) is 5.92 Å². The number of hydrogen-bond donors (Lipinski definition) is 2. The molecule has 1 aromatic heterocycles. The Balaban J connectivity index is 1.02. The van der Waals surface area contributed by atoms with Gasteiger partial charge in [0.25, 0.3) is 5.91 Å². The van der Waals surface area contributed by atoms with Crippen molar-refractivity contribution in [1.29, 1.82) is 0 Å². The van der Waals surface area contributed by atoms with Gasteiger partial charge in [-0.15, -0.1) is 0 Å². The smallest absolute Gasteiger partial charge is 0.416 e. The molecule has 0 radical (unpaired) electrons. The minimum absolute atomic E-state index is 0.0147. The molecule has 10 nitrogen and oxygen atoms in total. The molecule has 0 bridgehead atoms. The van der Waals surface area contributed by atoms with Crippen molar-refractivity contribution in [3.8, 4) is 11.6 Å². The molecule has 43 heavy (non-hydrogen) atoms. The van der Waals surface area contributed by atoms with Crippen LogP contribution in [0.3, 0.4) is 0 Å². The van der Waals surface area contributed by atoms with E-state index in [1.807, 2.05) is 24.3 Å². The molecule has 2 aliphatic rings. The van der Waals surface area contributed by atoms with Crippen molar-refractivity contribution in [3.05, 3.63) is 83.6 Å². The standard InChI is InChI=1S/C33H38N4O6/c38-31(39)20-24-6-11-29(12-7-24)42-23-26-14-18-37(19-15-26)33(41)43-30-13-10-28(21-34-30)35-32(40)27-8-4-25(5-9-27)22-36-16-2-1-3-17-36/h4-13,21,26H,1-3,14-20,22-23H2,(H,35,40)(H,38,39). The summed E-state index contributed by atoms with van der Waals surface area (Å²) >= 11 is 0. The molecule has 0 atom stereocenters. The fourth-order valence-electron chi connectivity index (χ4n) is 5.38. The Hall–Kier alpha value is -4.44. The Morgan fingerprint density at radius 3 is 2.21 bits per heavy atom. The average molecular weight is 587 g/mol. The molecule has 2 fully saturated rings. The van der Waals surface area contributed by atoms with Gasteiger partial charge in [-0.05, 0) is 86.1 Å². The second-order valence-corrected chi connectivity index (χ2v) is 11.2. The van der Waals surface area contributed by atoms with Crippen LogP contribution in [0.5, 0.6) is 11.6 Å². The number of amides is 2. The van der Waals surface area contributed by atoms with Crippen LogP contribution in [-0.2, 0) is 17.8 Å². The quantitative estimate of drug-likeness (QED) is 0.331. The Morgan fingerprint density at radius 2 is 1.56 bits per heavy atom. The molecule has 5 rings (SSSR count). The number of nitrogens with one attached hydrogen (secondary N) is 1. The highest BCUT2D eigenvalue weighted by molar-refractivity contribution is 6.04. The minimum Gasteiger partial charge on any atom is -0.493 e. The van der Waals surface area contributed by atoms with E-state index in [2.05, 4.69) is 15.2 Å². The Morgan fingerprint density at radius 1 is 0.860 bits per heavy atom. The van der Waals surface area contributed by atoms with Gasteiger partial charge < -0.3 is 24.8 Å². The predicted molar refractivity (Wildman–Crippen MR) is 161 cm³/mol. The number of ether oxygens (including phenoxy) is 2. The van der Waals surface area contributed by atoms with Crippen LogP contribution >= 0.6 is 0 Å². The van der Waals surface area contributed by atoms with Crippen molar-refractivity contribution in [2.24, 2.45) is 5.92 Å². The van der Waals surface area contributed by atoms with Gasteiger partial charge in [0.2, 0.25) is 5.88 Å². The summed E-state index contributed by atoms with van der Waals surface area (Å²) < 4.78 is 11.3. The average Bonchev–Trinajstić information content (AvgIpc) is 3.02. The lowest BCUT2D eigenvalue weighted by atomic mass is 9.98. The normalized spacial score (nSPS) is 16.0. The summed E-state index contributed by atoms with van der Waals surface area (Å²) in [7, 11) is 0. The molecule has 0 unspecified atom stereocenters. The number of aliphatic carboxylic acids is 1. The van der Waals surface area contributed by atoms with Crippen molar-refractivity contribution in [3.63, 3.8) is 0 Å². The van der Waals surface area contributed by atoms with E-state index in [-0.39, 0.29) is 18.2 Å². The zero-order chi connectivity index (χ0) is 30.0. The first-order valence-corrected chi connectivity index (χ1v) is 14.9. The van der Waals surface area contributed by atoms with Crippen molar-refractivity contribution < 1.29 is 29.0 Å². The SMILES string of the molecule is O=C(O)Cc1ccc(OCC2CCN(C(=O)Oc3ccc(NC(=O)c4ccc(CN5CCCCC5)cc4)cn3)CC2)cc1. The second kappa shape index (κ2) is 14.6. The number of aromatic nitrogens is 1. The maximum absolute atomic E-state index is 12.7. The number of anilines is 1. The lowest BCUT2D eigenvalue weighted by molar-refractivity contribution is -0.136. The molecule has 2 N–H and O–H groups in total. The molecule has 10 heteroatoms. The van der Waals surface area contributed by atoms with Gasteiger partial charge >= 0.3 is 12.1 Å². The van der Waals surface area contributed by atoms with Crippen LogP contribution in [0.2, 0.25) is 0 Å². The topological polar surface area (TPSA) is 121 Å². The van der Waals surface area contributed by atoms with Gasteiger partial charge in [-0.2, -0.15) is 0 Å². The summed E-state index contributed by atoms with van der Waals surface area (Å²) in [5.41, 5.74) is 3.01. The number of rotatable bonds is 10. The second-order valence-electron chi connectivity index (χ2n) is 11.2. The summed E-state index contributed by atoms with van der Waals surface area (Å²) in [6, 6.07) is 18.0. The maximum atomic E-state index is 12.7. The largest absolute Gasteiger partial charge is 0.493 e. The summed E-state index contributed by atoms with van der Waals surface area (Å²) in [4.78, 5) is 44.5. The van der Waals surface area contributed by atoms with Gasteiger partial charge in [0.05, 0.1) is 24.9 Å². The van der Waals surface area contributed by atoms with Gasteiger partial charge in [-0.25, -0.2) is 9.78 Å². The van der Waals surface area contributed by atoms with Crippen LogP contribution in [0.25, 0.3) is 0 Å². The monoisotopic (exact) mass is 586 g/mol. The van der Waals surface area contributed by atoms with Crippen LogP contribution in [0.1, 0.15) is 53.6 Å². The number of piperidine rings is 2. The van der Waals surface area contributed by atoms with E-state index < -0.39 is 12.1 Å². The van der Waals surface area contributed by atoms with E-state index in [0.717, 1.165) is 38.0 Å². The highest BCUT2D eigenvalue weighted by Gasteiger charge is 2.25. The molecule has 0 saturated carbocycles. The summed E-state index contributed by atoms with van der Waals surface area (Å²) in [6.07, 6.45) is 6.37. The first-order valence-electron chi connectivity index (χ1n) is 14.9. The molecule has 2 amide bonds. The van der Waals surface area contributed by atoms with E-state index in [4.69, 9.17) is 14.6 Å². The van der Waals surface area contributed by atoms with Crippen molar-refractivity contribution in [2.75, 3.05) is 38.1 Å². The number of pyridine rings is 1. The number of carboxylic acid groups (broad SMARTS) is 1. The highest BCUT2D eigenvalue weighted by Crippen LogP contribution is 2.22. The molecule has 2 aromatic carbocycles. The van der Waals surface area contributed by atoms with Gasteiger partial charge in [0, 0.05) is 31.3 Å². The third-order valence-corrected chi connectivity index (χ3v) is 7.89. The zero-order valence-corrected chi connectivity index (χ0v) is 24.2. The Kier molecular flexibility index (Phi) is 10.2. The first-order chi connectivity index (χ1) is 20.9. The molecule has 3 heterocycles. The highest BCUT2D eigenvalue weighted by atomic mass is 16.6. The van der Waals surface area contributed by atoms with Crippen LogP contribution in [0.15, 0.2) is 66.9 Å². The first kappa shape index (κ1) is 30.0. The Labute approximate surface area is 251 Å². The number of nitrogens with zero attached hydrogens (tertiary/aromatic N) is 3. The molecular weight excluding hydrogens is 548 g/mol. The maximum Gasteiger partial charge on any atom is 0.416 e. The Bertz CT molecular complexity index is 1360. The number of carbonyl (C=O) groups is 3. The van der Waals surface area contributed by atoms with Crippen LogP contribution in [-0.4, -0.2) is 70.6 Å². The number of benzene rings is 2. The molecule has 226 valence electrons. The van der Waals surface area contributed by atoms with Gasteiger partial charge in [-0.1, -0.05) is 30.7 Å². The van der Waals surface area contributed by atoms with Gasteiger partial charge in [-0.3, -0.25) is 14.5 Å². The van der Waals surface area contributed by atoms with Crippen molar-refractivity contribution in [2.45, 2.75) is 45.1 Å². The number of likely N-dealkylation sites (tertiary alicyclic amines) is 2. The van der Waals surface area contributed by atoms with E-state index in [1.165, 1.54) is 31.0 Å².